The molecule has 0 bridgehead atoms. The van der Waals surface area contributed by atoms with E-state index >= 15 is 0 Å². The standard InChI is InChI=1S/C14H17F2NO2/c1-14(15,16)7-9-2-4-10(5-3-9)12-6-11(8-17-12)13(18)19/h2-5,11-12,17H,6-8H2,1H3,(H,18,19). The summed E-state index contributed by atoms with van der Waals surface area (Å²) in [6.07, 6.45) is 0.266. The van der Waals surface area contributed by atoms with Gasteiger partial charge in [-0.2, -0.15) is 0 Å². The first-order chi connectivity index (χ1) is 8.85. The van der Waals surface area contributed by atoms with Gasteiger partial charge in [-0.25, -0.2) is 8.78 Å². The number of hydrogen-bond donors (Lipinski definition) is 2. The highest BCUT2D eigenvalue weighted by Crippen LogP contribution is 2.28. The number of nitrogens with one attached hydrogen (secondary N) is 1. The molecule has 1 aliphatic rings. The molecule has 2 atom stereocenters. The van der Waals surface area contributed by atoms with Crippen LogP contribution in [-0.2, 0) is 11.2 Å². The normalized spacial score (nSPS) is 23.5. The maximum Gasteiger partial charge on any atom is 0.307 e. The SMILES string of the molecule is CC(F)(F)Cc1ccc(C2CC(C(=O)O)CN2)cc1. The van der Waals surface area contributed by atoms with E-state index < -0.39 is 11.9 Å². The Morgan fingerprint density at radius 3 is 2.53 bits per heavy atom. The number of hydrogen-bond acceptors (Lipinski definition) is 2. The molecule has 0 radical (unpaired) electrons. The molecule has 19 heavy (non-hydrogen) atoms. The lowest BCUT2D eigenvalue weighted by Crippen LogP contribution is -2.17. The number of aliphatic carboxylic acids is 1. The largest absolute Gasteiger partial charge is 0.481 e. The van der Waals surface area contributed by atoms with Crippen LogP contribution in [0, 0.1) is 5.92 Å². The first-order valence-corrected chi connectivity index (χ1v) is 6.28. The van der Waals surface area contributed by atoms with Gasteiger partial charge >= 0.3 is 5.97 Å². The maximum absolute atomic E-state index is 12.9. The molecule has 0 spiro atoms. The highest BCUT2D eigenvalue weighted by Gasteiger charge is 2.30. The molecule has 2 unspecified atom stereocenters. The summed E-state index contributed by atoms with van der Waals surface area (Å²) in [4.78, 5) is 10.9. The second kappa shape index (κ2) is 5.25. The third-order valence-electron chi connectivity index (χ3n) is 3.38. The second-order valence-electron chi connectivity index (χ2n) is 5.22. The van der Waals surface area contributed by atoms with Crippen molar-refractivity contribution in [1.29, 1.82) is 0 Å². The number of carboxylic acid groups (broad SMARTS) is 1. The third kappa shape index (κ3) is 3.73. The van der Waals surface area contributed by atoms with Crippen molar-refractivity contribution in [1.82, 2.24) is 5.32 Å². The first-order valence-electron chi connectivity index (χ1n) is 6.28. The van der Waals surface area contributed by atoms with Crippen LogP contribution >= 0.6 is 0 Å². The summed E-state index contributed by atoms with van der Waals surface area (Å²) >= 11 is 0. The Morgan fingerprint density at radius 1 is 1.42 bits per heavy atom. The molecule has 1 fully saturated rings. The Labute approximate surface area is 110 Å². The van der Waals surface area contributed by atoms with E-state index in [-0.39, 0.29) is 18.4 Å². The summed E-state index contributed by atoms with van der Waals surface area (Å²) in [6, 6.07) is 6.95. The van der Waals surface area contributed by atoms with Crippen molar-refractivity contribution in [3.8, 4) is 0 Å². The molecule has 0 aromatic heterocycles. The smallest absolute Gasteiger partial charge is 0.307 e. The number of halogens is 2. The Balaban J connectivity index is 2.01. The van der Waals surface area contributed by atoms with Crippen LogP contribution in [0.25, 0.3) is 0 Å². The van der Waals surface area contributed by atoms with Crippen molar-refractivity contribution in [2.75, 3.05) is 6.54 Å². The van der Waals surface area contributed by atoms with Gasteiger partial charge < -0.3 is 10.4 Å². The summed E-state index contributed by atoms with van der Waals surface area (Å²) in [6.45, 7) is 1.35. The summed E-state index contributed by atoms with van der Waals surface area (Å²) in [5.41, 5.74) is 1.54. The minimum Gasteiger partial charge on any atom is -0.481 e. The quantitative estimate of drug-likeness (QED) is 0.883. The fraction of sp³-hybridized carbons (Fsp3) is 0.500. The van der Waals surface area contributed by atoms with Crippen molar-refractivity contribution < 1.29 is 18.7 Å². The van der Waals surface area contributed by atoms with Gasteiger partial charge in [-0.3, -0.25) is 4.79 Å². The van der Waals surface area contributed by atoms with E-state index in [2.05, 4.69) is 5.32 Å². The lowest BCUT2D eigenvalue weighted by molar-refractivity contribution is -0.141. The van der Waals surface area contributed by atoms with Crippen molar-refractivity contribution >= 4 is 5.97 Å². The lowest BCUT2D eigenvalue weighted by Gasteiger charge is -2.13. The number of carboxylic acids is 1. The van der Waals surface area contributed by atoms with Gasteiger partial charge in [-0.05, 0) is 24.5 Å². The zero-order valence-corrected chi connectivity index (χ0v) is 10.7. The van der Waals surface area contributed by atoms with Crippen molar-refractivity contribution in [2.45, 2.75) is 31.7 Å². The Hall–Kier alpha value is -1.49. The van der Waals surface area contributed by atoms with Gasteiger partial charge in [0.2, 0.25) is 5.92 Å². The van der Waals surface area contributed by atoms with Gasteiger partial charge in [-0.15, -0.1) is 0 Å². The molecule has 1 heterocycles. The van der Waals surface area contributed by atoms with Crippen LogP contribution in [0.2, 0.25) is 0 Å². The van der Waals surface area contributed by atoms with E-state index in [0.29, 0.717) is 18.5 Å². The molecule has 2 N–H and O–H groups in total. The molecule has 1 aromatic rings. The van der Waals surface area contributed by atoms with E-state index in [0.717, 1.165) is 12.5 Å². The monoisotopic (exact) mass is 269 g/mol. The molecule has 0 amide bonds. The van der Waals surface area contributed by atoms with Gasteiger partial charge in [0.1, 0.15) is 0 Å². The first kappa shape index (κ1) is 13.9. The van der Waals surface area contributed by atoms with Gasteiger partial charge in [0, 0.05) is 19.0 Å². The van der Waals surface area contributed by atoms with E-state index in [1.54, 1.807) is 24.3 Å². The zero-order chi connectivity index (χ0) is 14.0. The molecule has 5 heteroatoms. The topological polar surface area (TPSA) is 49.3 Å². The molecule has 3 nitrogen and oxygen atoms in total. The van der Waals surface area contributed by atoms with E-state index in [4.69, 9.17) is 5.11 Å². The Kier molecular flexibility index (Phi) is 3.85. The molecule has 0 saturated carbocycles. The van der Waals surface area contributed by atoms with Crippen molar-refractivity contribution in [3.05, 3.63) is 35.4 Å². The van der Waals surface area contributed by atoms with E-state index in [1.807, 2.05) is 0 Å². The molecule has 1 aromatic carbocycles. The molecular formula is C14H17F2NO2. The highest BCUT2D eigenvalue weighted by atomic mass is 19.3. The number of alkyl halides is 2. The molecular weight excluding hydrogens is 252 g/mol. The van der Waals surface area contributed by atoms with Crippen LogP contribution in [0.4, 0.5) is 8.78 Å². The summed E-state index contributed by atoms with van der Waals surface area (Å²) in [5.74, 6) is -3.87. The van der Waals surface area contributed by atoms with Crippen molar-refractivity contribution in [3.63, 3.8) is 0 Å². The highest BCUT2D eigenvalue weighted by molar-refractivity contribution is 5.70. The van der Waals surface area contributed by atoms with Crippen LogP contribution in [0.5, 0.6) is 0 Å². The minimum atomic E-state index is -2.71. The predicted molar refractivity (Wildman–Crippen MR) is 67.3 cm³/mol. The predicted octanol–water partition coefficient (Wildman–Crippen LogP) is 2.62. The van der Waals surface area contributed by atoms with Crippen LogP contribution in [-0.4, -0.2) is 23.5 Å². The van der Waals surface area contributed by atoms with Gasteiger partial charge in [0.25, 0.3) is 0 Å². The van der Waals surface area contributed by atoms with Crippen molar-refractivity contribution in [2.24, 2.45) is 5.92 Å². The van der Waals surface area contributed by atoms with Crippen LogP contribution in [0.3, 0.4) is 0 Å². The summed E-state index contributed by atoms with van der Waals surface area (Å²) in [5, 5.41) is 12.1. The minimum absolute atomic E-state index is 0.00251. The summed E-state index contributed by atoms with van der Waals surface area (Å²) < 4.78 is 25.7. The summed E-state index contributed by atoms with van der Waals surface area (Å²) in [7, 11) is 0. The fourth-order valence-corrected chi connectivity index (χ4v) is 2.40. The van der Waals surface area contributed by atoms with E-state index in [1.165, 1.54) is 0 Å². The molecule has 1 saturated heterocycles. The second-order valence-corrected chi connectivity index (χ2v) is 5.22. The lowest BCUT2D eigenvalue weighted by atomic mass is 9.98. The maximum atomic E-state index is 12.9. The van der Waals surface area contributed by atoms with Crippen LogP contribution in [0.1, 0.15) is 30.5 Å². The third-order valence-corrected chi connectivity index (χ3v) is 3.38. The fourth-order valence-electron chi connectivity index (χ4n) is 2.40. The molecule has 2 rings (SSSR count). The zero-order valence-electron chi connectivity index (χ0n) is 10.7. The number of benzene rings is 1. The Morgan fingerprint density at radius 2 is 2.05 bits per heavy atom. The van der Waals surface area contributed by atoms with E-state index in [9.17, 15) is 13.6 Å². The average Bonchev–Trinajstić information content (AvgIpc) is 2.77. The average molecular weight is 269 g/mol. The molecule has 104 valence electrons. The van der Waals surface area contributed by atoms with Gasteiger partial charge in [0.05, 0.1) is 5.92 Å². The van der Waals surface area contributed by atoms with Crippen LogP contribution < -0.4 is 5.32 Å². The molecule has 0 aliphatic carbocycles. The van der Waals surface area contributed by atoms with Gasteiger partial charge in [0.15, 0.2) is 0 Å². The van der Waals surface area contributed by atoms with Gasteiger partial charge in [-0.1, -0.05) is 24.3 Å². The number of carbonyl (C=O) groups is 1. The Bertz CT molecular complexity index is 454. The van der Waals surface area contributed by atoms with Crippen LogP contribution in [0.15, 0.2) is 24.3 Å². The number of rotatable bonds is 4. The molecule has 1 aliphatic heterocycles.